The molecule has 0 saturated heterocycles. The maximum absolute atomic E-state index is 5.35. The zero-order valence-corrected chi connectivity index (χ0v) is 10.9. The summed E-state index contributed by atoms with van der Waals surface area (Å²) < 4.78 is 5.35. The van der Waals surface area contributed by atoms with E-state index in [1.54, 1.807) is 11.3 Å². The van der Waals surface area contributed by atoms with Crippen molar-refractivity contribution < 1.29 is 4.52 Å². The number of nitrogens with one attached hydrogen (secondary N) is 1. The second-order valence-corrected chi connectivity index (χ2v) is 5.26. The second kappa shape index (κ2) is 4.20. The first kappa shape index (κ1) is 10.8. The van der Waals surface area contributed by atoms with E-state index in [9.17, 15) is 0 Å². The van der Waals surface area contributed by atoms with E-state index >= 15 is 0 Å². The minimum atomic E-state index is 0.567. The smallest absolute Gasteiger partial charge is 0.258 e. The summed E-state index contributed by atoms with van der Waals surface area (Å²) in [5, 5.41) is 11.4. The highest BCUT2D eigenvalue weighted by Gasteiger charge is 2.15. The lowest BCUT2D eigenvalue weighted by Gasteiger charge is -2.00. The Morgan fingerprint density at radius 1 is 1.21 bits per heavy atom. The van der Waals surface area contributed by atoms with Crippen LogP contribution in [-0.2, 0) is 6.42 Å². The minimum absolute atomic E-state index is 0.567. The van der Waals surface area contributed by atoms with E-state index in [4.69, 9.17) is 4.52 Å². The summed E-state index contributed by atoms with van der Waals surface area (Å²) in [6, 6.07) is 8.23. The van der Waals surface area contributed by atoms with Crippen LogP contribution in [0.5, 0.6) is 0 Å². The Hall–Kier alpha value is -2.14. The van der Waals surface area contributed by atoms with Crippen LogP contribution in [0.4, 0.5) is 5.69 Å². The van der Waals surface area contributed by atoms with Crippen LogP contribution >= 0.6 is 11.3 Å². The molecular weight excluding hydrogens is 258 g/mol. The molecule has 0 spiro atoms. The van der Waals surface area contributed by atoms with Gasteiger partial charge in [0.2, 0.25) is 5.82 Å². The van der Waals surface area contributed by atoms with Gasteiger partial charge in [-0.05, 0) is 35.6 Å². The molecule has 3 aromatic rings. The van der Waals surface area contributed by atoms with Crippen LogP contribution in [0.1, 0.15) is 5.56 Å². The van der Waals surface area contributed by atoms with E-state index in [0.29, 0.717) is 11.7 Å². The summed E-state index contributed by atoms with van der Waals surface area (Å²) in [5.41, 5.74) is 4.48. The number of nitrogens with zero attached hydrogens (tertiary/aromatic N) is 2. The molecule has 94 valence electrons. The Bertz CT molecular complexity index is 718. The van der Waals surface area contributed by atoms with E-state index in [1.807, 2.05) is 22.9 Å². The first-order chi connectivity index (χ1) is 9.40. The molecule has 5 heteroatoms. The number of rotatable bonds is 2. The third-order valence-corrected chi connectivity index (χ3v) is 3.96. The topological polar surface area (TPSA) is 51.0 Å². The summed E-state index contributed by atoms with van der Waals surface area (Å²) in [6.45, 7) is 1.00. The van der Waals surface area contributed by atoms with Gasteiger partial charge in [0.1, 0.15) is 0 Å². The number of fused-ring (bicyclic) bond motifs is 1. The Kier molecular flexibility index (Phi) is 2.38. The highest BCUT2D eigenvalue weighted by molar-refractivity contribution is 7.08. The molecule has 0 saturated carbocycles. The molecule has 1 aliphatic rings. The van der Waals surface area contributed by atoms with E-state index in [0.717, 1.165) is 24.1 Å². The van der Waals surface area contributed by atoms with E-state index < -0.39 is 0 Å². The molecule has 2 aromatic heterocycles. The molecule has 0 amide bonds. The third-order valence-electron chi connectivity index (χ3n) is 3.27. The molecule has 19 heavy (non-hydrogen) atoms. The lowest BCUT2D eigenvalue weighted by Crippen LogP contribution is -1.91. The zero-order valence-electron chi connectivity index (χ0n) is 10.1. The van der Waals surface area contributed by atoms with E-state index in [1.165, 1.54) is 11.3 Å². The first-order valence-electron chi connectivity index (χ1n) is 6.13. The van der Waals surface area contributed by atoms with Gasteiger partial charge in [-0.3, -0.25) is 0 Å². The largest absolute Gasteiger partial charge is 0.384 e. The van der Waals surface area contributed by atoms with Crippen molar-refractivity contribution >= 4 is 17.0 Å². The normalized spacial score (nSPS) is 13.3. The van der Waals surface area contributed by atoms with Crippen molar-refractivity contribution in [3.8, 4) is 22.8 Å². The van der Waals surface area contributed by atoms with Crippen LogP contribution in [0.2, 0.25) is 0 Å². The standard InChI is InChI=1S/C14H11N3OS/c1-2-10(7-12-9(1)3-5-15-12)14-16-13(17-18-14)11-4-6-19-8-11/h1-2,4,6-8,15H,3,5H2. The summed E-state index contributed by atoms with van der Waals surface area (Å²) in [6.07, 6.45) is 1.08. The highest BCUT2D eigenvalue weighted by Crippen LogP contribution is 2.29. The lowest BCUT2D eigenvalue weighted by molar-refractivity contribution is 0.432. The van der Waals surface area contributed by atoms with Gasteiger partial charge in [-0.1, -0.05) is 11.2 Å². The molecule has 0 radical (unpaired) electrons. The molecule has 0 aliphatic carbocycles. The Labute approximate surface area is 114 Å². The molecule has 1 aliphatic heterocycles. The fourth-order valence-electron chi connectivity index (χ4n) is 2.27. The van der Waals surface area contributed by atoms with E-state index in [-0.39, 0.29) is 0 Å². The van der Waals surface area contributed by atoms with Crippen molar-refractivity contribution in [2.24, 2.45) is 0 Å². The van der Waals surface area contributed by atoms with Gasteiger partial charge in [-0.2, -0.15) is 16.3 Å². The fraction of sp³-hybridized carbons (Fsp3) is 0.143. The van der Waals surface area contributed by atoms with Crippen LogP contribution in [0, 0.1) is 0 Å². The maximum atomic E-state index is 5.35. The van der Waals surface area contributed by atoms with E-state index in [2.05, 4.69) is 27.6 Å². The molecule has 4 nitrogen and oxygen atoms in total. The number of hydrogen-bond donors (Lipinski definition) is 1. The van der Waals surface area contributed by atoms with Gasteiger partial charge >= 0.3 is 0 Å². The van der Waals surface area contributed by atoms with Crippen molar-refractivity contribution in [1.29, 1.82) is 0 Å². The predicted molar refractivity (Wildman–Crippen MR) is 75.2 cm³/mol. The SMILES string of the molecule is c1cc(-c2noc(-c3ccc4c(c3)NCC4)n2)cs1. The van der Waals surface area contributed by atoms with Crippen molar-refractivity contribution in [2.45, 2.75) is 6.42 Å². The quantitative estimate of drug-likeness (QED) is 0.774. The number of thiophene rings is 1. The van der Waals surface area contributed by atoms with Gasteiger partial charge in [-0.25, -0.2) is 0 Å². The summed E-state index contributed by atoms with van der Waals surface area (Å²) in [4.78, 5) is 4.45. The van der Waals surface area contributed by atoms with Crippen LogP contribution in [0.3, 0.4) is 0 Å². The molecule has 1 aromatic carbocycles. The number of anilines is 1. The number of hydrogen-bond acceptors (Lipinski definition) is 5. The predicted octanol–water partition coefficient (Wildman–Crippen LogP) is 3.43. The molecule has 0 fully saturated rings. The van der Waals surface area contributed by atoms with Gasteiger partial charge in [0.25, 0.3) is 5.89 Å². The van der Waals surface area contributed by atoms with Gasteiger partial charge in [-0.15, -0.1) is 0 Å². The summed E-state index contributed by atoms with van der Waals surface area (Å²) >= 11 is 1.62. The van der Waals surface area contributed by atoms with Gasteiger partial charge < -0.3 is 9.84 Å². The average Bonchev–Trinajstić information content (AvgIpc) is 3.18. The molecule has 3 heterocycles. The molecule has 0 atom stereocenters. The Morgan fingerprint density at radius 3 is 3.11 bits per heavy atom. The Balaban J connectivity index is 1.73. The number of aromatic nitrogens is 2. The number of benzene rings is 1. The highest BCUT2D eigenvalue weighted by atomic mass is 32.1. The average molecular weight is 269 g/mol. The minimum Gasteiger partial charge on any atom is -0.384 e. The monoisotopic (exact) mass is 269 g/mol. The van der Waals surface area contributed by atoms with Gasteiger partial charge in [0.15, 0.2) is 0 Å². The van der Waals surface area contributed by atoms with Crippen molar-refractivity contribution in [2.75, 3.05) is 11.9 Å². The third kappa shape index (κ3) is 1.82. The van der Waals surface area contributed by atoms with Crippen molar-refractivity contribution in [3.63, 3.8) is 0 Å². The molecule has 4 rings (SSSR count). The Morgan fingerprint density at radius 2 is 2.21 bits per heavy atom. The fourth-order valence-corrected chi connectivity index (χ4v) is 2.91. The van der Waals surface area contributed by atoms with Crippen molar-refractivity contribution in [1.82, 2.24) is 10.1 Å². The van der Waals surface area contributed by atoms with Crippen LogP contribution in [0.25, 0.3) is 22.8 Å². The van der Waals surface area contributed by atoms with Gasteiger partial charge in [0, 0.05) is 28.7 Å². The maximum Gasteiger partial charge on any atom is 0.258 e. The zero-order chi connectivity index (χ0) is 12.7. The molecule has 0 bridgehead atoms. The summed E-state index contributed by atoms with van der Waals surface area (Å²) in [5.74, 6) is 1.21. The molecule has 1 N–H and O–H groups in total. The lowest BCUT2D eigenvalue weighted by atomic mass is 10.1. The second-order valence-electron chi connectivity index (χ2n) is 4.48. The first-order valence-corrected chi connectivity index (χ1v) is 7.08. The van der Waals surface area contributed by atoms with Crippen LogP contribution in [0.15, 0.2) is 39.5 Å². The summed E-state index contributed by atoms with van der Waals surface area (Å²) in [7, 11) is 0. The molecule has 0 unspecified atom stereocenters. The molecular formula is C14H11N3OS. The van der Waals surface area contributed by atoms with Crippen molar-refractivity contribution in [3.05, 3.63) is 40.6 Å². The van der Waals surface area contributed by atoms with Crippen LogP contribution in [-0.4, -0.2) is 16.7 Å². The van der Waals surface area contributed by atoms with Crippen LogP contribution < -0.4 is 5.32 Å². The van der Waals surface area contributed by atoms with Gasteiger partial charge in [0.05, 0.1) is 0 Å².